The fraction of sp³-hybridized carbons (Fsp3) is 0.417. The van der Waals surface area contributed by atoms with Crippen molar-refractivity contribution >= 4 is 33.3 Å². The summed E-state index contributed by atoms with van der Waals surface area (Å²) in [5.41, 5.74) is 0. The van der Waals surface area contributed by atoms with Gasteiger partial charge in [-0.1, -0.05) is 11.6 Å². The Kier molecular flexibility index (Phi) is 3.45. The summed E-state index contributed by atoms with van der Waals surface area (Å²) in [5, 5.41) is 8.82. The van der Waals surface area contributed by atoms with Crippen LogP contribution in [0.15, 0.2) is 23.1 Å². The first-order valence-electron chi connectivity index (χ1n) is 6.08. The minimum absolute atomic E-state index is 0.220. The highest BCUT2D eigenvalue weighted by atomic mass is 79.9. The van der Waals surface area contributed by atoms with Gasteiger partial charge < -0.3 is 9.47 Å². The van der Waals surface area contributed by atoms with E-state index in [0.29, 0.717) is 5.02 Å². The van der Waals surface area contributed by atoms with Gasteiger partial charge in [0.1, 0.15) is 12.1 Å². The van der Waals surface area contributed by atoms with Gasteiger partial charge in [0.25, 0.3) is 0 Å². The Morgan fingerprint density at radius 1 is 1.47 bits per heavy atom. The summed E-state index contributed by atoms with van der Waals surface area (Å²) < 4.78 is 2.88. The molecule has 0 amide bonds. The molecule has 3 rings (SSSR count). The zero-order chi connectivity index (χ0) is 13.4. The quantitative estimate of drug-likeness (QED) is 0.842. The molecule has 0 spiro atoms. The largest absolute Gasteiger partial charge is 0.345 e. The summed E-state index contributed by atoms with van der Waals surface area (Å²) in [6, 6.07) is 2.09. The van der Waals surface area contributed by atoms with Crippen LogP contribution in [0.5, 0.6) is 0 Å². The van der Waals surface area contributed by atoms with Gasteiger partial charge in [0.05, 0.1) is 15.5 Å². The van der Waals surface area contributed by atoms with Crippen LogP contribution in [0.25, 0.3) is 0 Å². The van der Waals surface area contributed by atoms with E-state index < -0.39 is 0 Å². The molecule has 0 unspecified atom stereocenters. The predicted octanol–water partition coefficient (Wildman–Crippen LogP) is 2.97. The lowest BCUT2D eigenvalue weighted by atomic mass is 10.2. The second-order valence-corrected chi connectivity index (χ2v) is 5.90. The van der Waals surface area contributed by atoms with Crippen molar-refractivity contribution in [1.29, 1.82) is 0 Å². The Bertz CT molecular complexity index is 600. The van der Waals surface area contributed by atoms with Crippen LogP contribution >= 0.6 is 27.5 Å². The smallest absolute Gasteiger partial charge is 0.155 e. The number of nitrogens with zero attached hydrogens (tertiary/aromatic N) is 5. The van der Waals surface area contributed by atoms with Gasteiger partial charge in [-0.15, -0.1) is 10.2 Å². The molecule has 1 atom stereocenters. The molecule has 1 fully saturated rings. The van der Waals surface area contributed by atoms with Crippen LogP contribution in [0.4, 0.5) is 5.82 Å². The molecule has 19 heavy (non-hydrogen) atoms. The standard InChI is InChI=1S/C12H13BrClN5/c1-18-7-16-17-12(18)10-3-2-4-19(10)11-9(13)5-8(14)6-15-11/h5-7,10H,2-4H2,1H3/t10-/m0/s1. The second-order valence-electron chi connectivity index (χ2n) is 4.61. The molecule has 7 heteroatoms. The fourth-order valence-corrected chi connectivity index (χ4v) is 3.37. The molecule has 0 bridgehead atoms. The Balaban J connectivity index is 1.97. The first-order valence-corrected chi connectivity index (χ1v) is 7.25. The van der Waals surface area contributed by atoms with Crippen LogP contribution in [0.1, 0.15) is 24.7 Å². The van der Waals surface area contributed by atoms with Gasteiger partial charge in [-0.05, 0) is 34.8 Å². The highest BCUT2D eigenvalue weighted by molar-refractivity contribution is 9.10. The topological polar surface area (TPSA) is 46.8 Å². The zero-order valence-corrected chi connectivity index (χ0v) is 12.8. The maximum Gasteiger partial charge on any atom is 0.155 e. The average Bonchev–Trinajstić information content (AvgIpc) is 2.97. The maximum absolute atomic E-state index is 5.95. The Morgan fingerprint density at radius 2 is 2.32 bits per heavy atom. The highest BCUT2D eigenvalue weighted by Gasteiger charge is 2.31. The number of halogens is 2. The van der Waals surface area contributed by atoms with E-state index in [9.17, 15) is 0 Å². The Morgan fingerprint density at radius 3 is 3.00 bits per heavy atom. The lowest BCUT2D eigenvalue weighted by Gasteiger charge is -2.25. The molecule has 0 radical (unpaired) electrons. The van der Waals surface area contributed by atoms with Crippen molar-refractivity contribution in [1.82, 2.24) is 19.7 Å². The molecule has 0 aromatic carbocycles. The van der Waals surface area contributed by atoms with Gasteiger partial charge in [0.2, 0.25) is 0 Å². The van der Waals surface area contributed by atoms with Gasteiger partial charge in [0.15, 0.2) is 5.82 Å². The van der Waals surface area contributed by atoms with Crippen molar-refractivity contribution in [3.8, 4) is 0 Å². The molecule has 0 saturated carbocycles. The van der Waals surface area contributed by atoms with E-state index in [1.165, 1.54) is 0 Å². The van der Waals surface area contributed by atoms with Gasteiger partial charge >= 0.3 is 0 Å². The lowest BCUT2D eigenvalue weighted by molar-refractivity contribution is 0.624. The summed E-state index contributed by atoms with van der Waals surface area (Å²) in [6.07, 6.45) is 5.58. The number of hydrogen-bond donors (Lipinski definition) is 0. The van der Waals surface area contributed by atoms with Crippen molar-refractivity contribution in [2.24, 2.45) is 7.05 Å². The molecule has 1 aliphatic rings. The van der Waals surface area contributed by atoms with E-state index in [2.05, 4.69) is 36.0 Å². The van der Waals surface area contributed by atoms with E-state index in [0.717, 1.165) is 35.5 Å². The van der Waals surface area contributed by atoms with E-state index in [1.807, 2.05) is 17.7 Å². The molecular weight excluding hydrogens is 330 g/mol. The third kappa shape index (κ3) is 2.34. The predicted molar refractivity (Wildman–Crippen MR) is 77.3 cm³/mol. The van der Waals surface area contributed by atoms with Gasteiger partial charge in [-0.3, -0.25) is 0 Å². The monoisotopic (exact) mass is 341 g/mol. The maximum atomic E-state index is 5.95. The van der Waals surface area contributed by atoms with Crippen molar-refractivity contribution in [3.05, 3.63) is 33.9 Å². The van der Waals surface area contributed by atoms with Gasteiger partial charge in [-0.25, -0.2) is 4.98 Å². The third-order valence-electron chi connectivity index (χ3n) is 3.36. The Hall–Kier alpha value is -1.14. The molecule has 0 aliphatic carbocycles. The summed E-state index contributed by atoms with van der Waals surface area (Å²) >= 11 is 9.48. The van der Waals surface area contributed by atoms with Crippen molar-refractivity contribution in [2.75, 3.05) is 11.4 Å². The lowest BCUT2D eigenvalue weighted by Crippen LogP contribution is -2.26. The van der Waals surface area contributed by atoms with E-state index in [-0.39, 0.29) is 6.04 Å². The summed E-state index contributed by atoms with van der Waals surface area (Å²) in [6.45, 7) is 0.963. The molecule has 1 saturated heterocycles. The highest BCUT2D eigenvalue weighted by Crippen LogP contribution is 2.37. The number of aromatic nitrogens is 4. The summed E-state index contributed by atoms with van der Waals surface area (Å²) in [7, 11) is 1.97. The van der Waals surface area contributed by atoms with Crippen molar-refractivity contribution in [2.45, 2.75) is 18.9 Å². The van der Waals surface area contributed by atoms with Crippen molar-refractivity contribution < 1.29 is 0 Å². The number of pyridine rings is 1. The van der Waals surface area contributed by atoms with E-state index in [1.54, 1.807) is 12.5 Å². The molecule has 3 heterocycles. The molecule has 2 aromatic heterocycles. The van der Waals surface area contributed by atoms with Crippen LogP contribution in [0.3, 0.4) is 0 Å². The Labute approximate surface area is 124 Å². The molecular formula is C12H13BrClN5. The molecule has 100 valence electrons. The molecule has 0 N–H and O–H groups in total. The molecule has 2 aromatic rings. The third-order valence-corrected chi connectivity index (χ3v) is 4.15. The van der Waals surface area contributed by atoms with Crippen molar-refractivity contribution in [3.63, 3.8) is 0 Å². The van der Waals surface area contributed by atoms with Crippen LogP contribution in [0.2, 0.25) is 5.02 Å². The fourth-order valence-electron chi connectivity index (χ4n) is 2.50. The van der Waals surface area contributed by atoms with E-state index >= 15 is 0 Å². The normalized spacial score (nSPS) is 19.1. The van der Waals surface area contributed by atoms with Crippen LogP contribution in [0, 0.1) is 0 Å². The van der Waals surface area contributed by atoms with Crippen LogP contribution in [-0.4, -0.2) is 26.3 Å². The van der Waals surface area contributed by atoms with Crippen LogP contribution in [-0.2, 0) is 7.05 Å². The van der Waals surface area contributed by atoms with Gasteiger partial charge in [-0.2, -0.15) is 0 Å². The average molecular weight is 343 g/mol. The molecule has 5 nitrogen and oxygen atoms in total. The minimum atomic E-state index is 0.220. The van der Waals surface area contributed by atoms with Crippen LogP contribution < -0.4 is 4.90 Å². The van der Waals surface area contributed by atoms with Gasteiger partial charge in [0, 0.05) is 19.8 Å². The number of hydrogen-bond acceptors (Lipinski definition) is 4. The number of rotatable bonds is 2. The number of aryl methyl sites for hydroxylation is 1. The summed E-state index contributed by atoms with van der Waals surface area (Å²) in [5.74, 6) is 1.89. The second kappa shape index (κ2) is 5.09. The SMILES string of the molecule is Cn1cnnc1[C@@H]1CCCN1c1ncc(Cl)cc1Br. The number of anilines is 1. The van der Waals surface area contributed by atoms with E-state index in [4.69, 9.17) is 11.6 Å². The summed E-state index contributed by atoms with van der Waals surface area (Å²) in [4.78, 5) is 6.69. The minimum Gasteiger partial charge on any atom is -0.345 e. The first-order chi connectivity index (χ1) is 9.16. The molecule has 1 aliphatic heterocycles. The zero-order valence-electron chi connectivity index (χ0n) is 10.4. The first kappa shape index (κ1) is 12.9.